The molecule has 1 N–H and O–H groups in total. The highest BCUT2D eigenvalue weighted by Gasteiger charge is 2.06. The first kappa shape index (κ1) is 13.5. The zero-order valence-corrected chi connectivity index (χ0v) is 10.9. The van der Waals surface area contributed by atoms with Crippen molar-refractivity contribution in [3.8, 4) is 0 Å². The molecule has 1 unspecified atom stereocenters. The average Bonchev–Trinajstić information content (AvgIpc) is 2.43. The molecule has 0 bridgehead atoms. The monoisotopic (exact) mass is 261 g/mol. The SMILES string of the molecule is CC(CCNc1cc(F)ccc1F)c1ccccc1. The fraction of sp³-hybridized carbons (Fsp3) is 0.250. The Morgan fingerprint density at radius 3 is 2.53 bits per heavy atom. The number of halogens is 2. The van der Waals surface area contributed by atoms with Gasteiger partial charge in [-0.15, -0.1) is 0 Å². The number of benzene rings is 2. The molecule has 0 aliphatic carbocycles. The number of hydrogen-bond acceptors (Lipinski definition) is 1. The maximum Gasteiger partial charge on any atom is 0.146 e. The van der Waals surface area contributed by atoms with Gasteiger partial charge in [0.2, 0.25) is 0 Å². The second kappa shape index (κ2) is 6.32. The van der Waals surface area contributed by atoms with Crippen LogP contribution >= 0.6 is 0 Å². The summed E-state index contributed by atoms with van der Waals surface area (Å²) < 4.78 is 26.4. The smallest absolute Gasteiger partial charge is 0.146 e. The van der Waals surface area contributed by atoms with Crippen LogP contribution in [0.2, 0.25) is 0 Å². The van der Waals surface area contributed by atoms with Gasteiger partial charge in [-0.3, -0.25) is 0 Å². The quantitative estimate of drug-likeness (QED) is 0.831. The predicted octanol–water partition coefficient (Wildman–Crippen LogP) is 4.57. The van der Waals surface area contributed by atoms with Gasteiger partial charge in [0, 0.05) is 6.54 Å². The summed E-state index contributed by atoms with van der Waals surface area (Å²) in [7, 11) is 0. The predicted molar refractivity (Wildman–Crippen MR) is 74.3 cm³/mol. The Balaban J connectivity index is 1.88. The highest BCUT2D eigenvalue weighted by Crippen LogP contribution is 2.20. The zero-order chi connectivity index (χ0) is 13.7. The van der Waals surface area contributed by atoms with Gasteiger partial charge in [-0.1, -0.05) is 37.3 Å². The largest absolute Gasteiger partial charge is 0.383 e. The molecule has 0 amide bonds. The Hall–Kier alpha value is -1.90. The van der Waals surface area contributed by atoms with E-state index in [1.165, 1.54) is 11.6 Å². The molecule has 2 aromatic carbocycles. The molecule has 0 spiro atoms. The van der Waals surface area contributed by atoms with Gasteiger partial charge in [0.05, 0.1) is 5.69 Å². The lowest BCUT2D eigenvalue weighted by Crippen LogP contribution is -2.07. The van der Waals surface area contributed by atoms with E-state index in [-0.39, 0.29) is 5.69 Å². The van der Waals surface area contributed by atoms with E-state index in [0.717, 1.165) is 18.6 Å². The summed E-state index contributed by atoms with van der Waals surface area (Å²) in [5.41, 5.74) is 1.48. The average molecular weight is 261 g/mol. The van der Waals surface area contributed by atoms with Gasteiger partial charge < -0.3 is 5.32 Å². The number of anilines is 1. The Kier molecular flexibility index (Phi) is 4.50. The summed E-state index contributed by atoms with van der Waals surface area (Å²) in [5.74, 6) is -0.473. The van der Waals surface area contributed by atoms with Crippen LogP contribution in [0.15, 0.2) is 48.5 Å². The highest BCUT2D eigenvalue weighted by atomic mass is 19.1. The van der Waals surface area contributed by atoms with Crippen LogP contribution in [-0.4, -0.2) is 6.54 Å². The van der Waals surface area contributed by atoms with Crippen molar-refractivity contribution < 1.29 is 8.78 Å². The van der Waals surface area contributed by atoms with Crippen molar-refractivity contribution in [1.82, 2.24) is 0 Å². The zero-order valence-electron chi connectivity index (χ0n) is 10.9. The van der Waals surface area contributed by atoms with Crippen LogP contribution in [0, 0.1) is 11.6 Å². The molecule has 2 aromatic rings. The van der Waals surface area contributed by atoms with Crippen molar-refractivity contribution >= 4 is 5.69 Å². The molecule has 0 saturated carbocycles. The van der Waals surface area contributed by atoms with Crippen molar-refractivity contribution in [1.29, 1.82) is 0 Å². The van der Waals surface area contributed by atoms with E-state index >= 15 is 0 Å². The molecule has 0 saturated heterocycles. The summed E-state index contributed by atoms with van der Waals surface area (Å²) in [6.45, 7) is 2.73. The van der Waals surface area contributed by atoms with E-state index < -0.39 is 11.6 Å². The Morgan fingerprint density at radius 1 is 1.05 bits per heavy atom. The van der Waals surface area contributed by atoms with Crippen LogP contribution in [0.25, 0.3) is 0 Å². The Bertz CT molecular complexity index is 526. The maximum absolute atomic E-state index is 13.4. The van der Waals surface area contributed by atoms with Crippen molar-refractivity contribution in [3.05, 3.63) is 65.7 Å². The first-order valence-electron chi connectivity index (χ1n) is 6.40. The lowest BCUT2D eigenvalue weighted by molar-refractivity contribution is 0.601. The molecule has 1 atom stereocenters. The van der Waals surface area contributed by atoms with Crippen LogP contribution in [0.1, 0.15) is 24.8 Å². The standard InChI is InChI=1S/C16H17F2N/c1-12(13-5-3-2-4-6-13)9-10-19-16-11-14(17)7-8-15(16)18/h2-8,11-12,19H,9-10H2,1H3. The first-order valence-corrected chi connectivity index (χ1v) is 6.40. The van der Waals surface area contributed by atoms with Gasteiger partial charge in [0.25, 0.3) is 0 Å². The second-order valence-electron chi connectivity index (χ2n) is 4.65. The van der Waals surface area contributed by atoms with Crippen LogP contribution in [0.3, 0.4) is 0 Å². The van der Waals surface area contributed by atoms with Gasteiger partial charge in [-0.25, -0.2) is 8.78 Å². The van der Waals surface area contributed by atoms with Gasteiger partial charge >= 0.3 is 0 Å². The second-order valence-corrected chi connectivity index (χ2v) is 4.65. The van der Waals surface area contributed by atoms with E-state index in [1.807, 2.05) is 18.2 Å². The Labute approximate surface area is 112 Å². The van der Waals surface area contributed by atoms with Gasteiger partial charge in [0.1, 0.15) is 11.6 Å². The molecule has 0 aromatic heterocycles. The molecule has 3 heteroatoms. The normalized spacial score (nSPS) is 12.2. The summed E-state index contributed by atoms with van der Waals surface area (Å²) >= 11 is 0. The third-order valence-electron chi connectivity index (χ3n) is 3.19. The molecule has 0 fully saturated rings. The number of nitrogens with one attached hydrogen (secondary N) is 1. The molecule has 1 nitrogen and oxygen atoms in total. The van der Waals surface area contributed by atoms with E-state index in [2.05, 4.69) is 24.4 Å². The van der Waals surface area contributed by atoms with E-state index in [9.17, 15) is 8.78 Å². The third kappa shape index (κ3) is 3.78. The van der Waals surface area contributed by atoms with Crippen LogP contribution in [0.4, 0.5) is 14.5 Å². The fourth-order valence-corrected chi connectivity index (χ4v) is 2.00. The minimum absolute atomic E-state index is 0.222. The van der Waals surface area contributed by atoms with Crippen LogP contribution in [-0.2, 0) is 0 Å². The molecule has 0 radical (unpaired) electrons. The summed E-state index contributed by atoms with van der Waals surface area (Å²) in [6.07, 6.45) is 0.861. The minimum Gasteiger partial charge on any atom is -0.383 e. The van der Waals surface area contributed by atoms with Crippen molar-refractivity contribution in [2.45, 2.75) is 19.3 Å². The topological polar surface area (TPSA) is 12.0 Å². The molecule has 2 rings (SSSR count). The molecular weight excluding hydrogens is 244 g/mol. The number of hydrogen-bond donors (Lipinski definition) is 1. The highest BCUT2D eigenvalue weighted by molar-refractivity contribution is 5.44. The van der Waals surface area contributed by atoms with E-state index in [0.29, 0.717) is 12.5 Å². The first-order chi connectivity index (χ1) is 9.16. The van der Waals surface area contributed by atoms with Gasteiger partial charge in [-0.05, 0) is 36.1 Å². The van der Waals surface area contributed by atoms with E-state index in [4.69, 9.17) is 0 Å². The van der Waals surface area contributed by atoms with Gasteiger partial charge in [0.15, 0.2) is 0 Å². The lowest BCUT2D eigenvalue weighted by atomic mass is 9.98. The molecule has 19 heavy (non-hydrogen) atoms. The van der Waals surface area contributed by atoms with Crippen molar-refractivity contribution in [2.75, 3.05) is 11.9 Å². The van der Waals surface area contributed by atoms with Crippen LogP contribution in [0.5, 0.6) is 0 Å². The summed E-state index contributed by atoms with van der Waals surface area (Å²) in [5, 5.41) is 2.94. The van der Waals surface area contributed by atoms with E-state index in [1.54, 1.807) is 0 Å². The fourth-order valence-electron chi connectivity index (χ4n) is 2.00. The van der Waals surface area contributed by atoms with Crippen molar-refractivity contribution in [3.63, 3.8) is 0 Å². The number of rotatable bonds is 5. The van der Waals surface area contributed by atoms with Crippen LogP contribution < -0.4 is 5.32 Å². The molecule has 0 aliphatic rings. The summed E-state index contributed by atoms with van der Waals surface area (Å²) in [4.78, 5) is 0. The Morgan fingerprint density at radius 2 is 1.79 bits per heavy atom. The molecule has 100 valence electrons. The molecule has 0 aliphatic heterocycles. The lowest BCUT2D eigenvalue weighted by Gasteiger charge is -2.13. The van der Waals surface area contributed by atoms with Gasteiger partial charge in [-0.2, -0.15) is 0 Å². The molecular formula is C16H17F2N. The third-order valence-corrected chi connectivity index (χ3v) is 3.19. The minimum atomic E-state index is -0.431. The summed E-state index contributed by atoms with van der Waals surface area (Å²) in [6, 6.07) is 13.6. The maximum atomic E-state index is 13.4. The molecule has 0 heterocycles. The van der Waals surface area contributed by atoms with Crippen molar-refractivity contribution in [2.24, 2.45) is 0 Å².